The SMILES string of the molecule is CC[C]1([Ti+3])C=CC2=C1CCCC2.[Cl-].[Cl-].[Cl-]. The van der Waals surface area contributed by atoms with Gasteiger partial charge in [-0.15, -0.1) is 0 Å². The number of halogens is 3. The molecule has 0 spiro atoms. The average Bonchev–Trinajstić information content (AvgIpc) is 2.46. The smallest absolute Gasteiger partial charge is 1.00 e. The van der Waals surface area contributed by atoms with Crippen molar-refractivity contribution in [3.63, 3.8) is 0 Å². The molecule has 0 saturated heterocycles. The first kappa shape index (κ1) is 18.4. The van der Waals surface area contributed by atoms with E-state index in [1.807, 2.05) is 0 Å². The molecule has 1 unspecified atom stereocenters. The molecular weight excluding hydrogens is 286 g/mol. The van der Waals surface area contributed by atoms with Crippen molar-refractivity contribution in [2.45, 2.75) is 42.7 Å². The van der Waals surface area contributed by atoms with E-state index < -0.39 is 0 Å². The standard InChI is InChI=1S/C11H15.3ClH.Ti/c1-2-9-7-8-10-5-3-4-6-11(9)10;;;;/h7-8H,2-6H2,1H3;3*1H;/q;;;;+3/p-3. The van der Waals surface area contributed by atoms with Crippen molar-refractivity contribution in [1.29, 1.82) is 0 Å². The van der Waals surface area contributed by atoms with Crippen molar-refractivity contribution < 1.29 is 57.7 Å². The Morgan fingerprint density at radius 1 is 1.20 bits per heavy atom. The van der Waals surface area contributed by atoms with Crippen LogP contribution in [0.1, 0.15) is 39.0 Å². The van der Waals surface area contributed by atoms with Gasteiger partial charge in [0.2, 0.25) is 0 Å². The van der Waals surface area contributed by atoms with Gasteiger partial charge in [-0.3, -0.25) is 0 Å². The molecule has 0 aromatic heterocycles. The van der Waals surface area contributed by atoms with Gasteiger partial charge < -0.3 is 37.2 Å². The van der Waals surface area contributed by atoms with E-state index in [1.54, 1.807) is 11.1 Å². The largest absolute Gasteiger partial charge is 1.00 e. The Kier molecular flexibility index (Phi) is 9.09. The summed E-state index contributed by atoms with van der Waals surface area (Å²) in [6, 6.07) is 0. The van der Waals surface area contributed by atoms with E-state index in [2.05, 4.69) is 39.5 Å². The van der Waals surface area contributed by atoms with E-state index in [9.17, 15) is 0 Å². The Labute approximate surface area is 123 Å². The fraction of sp³-hybridized carbons (Fsp3) is 0.636. The van der Waals surface area contributed by atoms with Crippen LogP contribution in [0.5, 0.6) is 0 Å². The molecule has 15 heavy (non-hydrogen) atoms. The van der Waals surface area contributed by atoms with Crippen LogP contribution >= 0.6 is 0 Å². The van der Waals surface area contributed by atoms with Gasteiger partial charge in [0.25, 0.3) is 0 Å². The predicted molar refractivity (Wildman–Crippen MR) is 47.6 cm³/mol. The molecule has 0 aromatic rings. The fourth-order valence-electron chi connectivity index (χ4n) is 2.30. The Balaban J connectivity index is 0. The second-order valence-electron chi connectivity index (χ2n) is 3.87. The molecule has 2 aliphatic carbocycles. The molecule has 0 bridgehead atoms. The van der Waals surface area contributed by atoms with E-state index in [0.29, 0.717) is 3.72 Å². The Bertz CT molecular complexity index is 261. The topological polar surface area (TPSA) is 0 Å². The quantitative estimate of drug-likeness (QED) is 0.424. The second kappa shape index (κ2) is 7.40. The third-order valence-corrected chi connectivity index (χ3v) is 4.46. The summed E-state index contributed by atoms with van der Waals surface area (Å²) in [5.74, 6) is 0. The van der Waals surface area contributed by atoms with Crippen molar-refractivity contribution in [2.75, 3.05) is 0 Å². The summed E-state index contributed by atoms with van der Waals surface area (Å²) < 4.78 is 0.426. The van der Waals surface area contributed by atoms with Crippen molar-refractivity contribution in [2.24, 2.45) is 0 Å². The van der Waals surface area contributed by atoms with E-state index in [4.69, 9.17) is 0 Å². The molecule has 2 rings (SSSR count). The van der Waals surface area contributed by atoms with Gasteiger partial charge in [0, 0.05) is 0 Å². The molecule has 0 nitrogen and oxygen atoms in total. The summed E-state index contributed by atoms with van der Waals surface area (Å²) in [7, 11) is 0. The van der Waals surface area contributed by atoms with Gasteiger partial charge in [-0.25, -0.2) is 0 Å². The molecule has 84 valence electrons. The zero-order valence-corrected chi connectivity index (χ0v) is 12.7. The van der Waals surface area contributed by atoms with Crippen molar-refractivity contribution in [3.8, 4) is 0 Å². The molecule has 0 fully saturated rings. The molecule has 0 amide bonds. The predicted octanol–water partition coefficient (Wildman–Crippen LogP) is -5.45. The summed E-state index contributed by atoms with van der Waals surface area (Å²) in [5.41, 5.74) is 3.40. The Morgan fingerprint density at radius 3 is 2.40 bits per heavy atom. The minimum Gasteiger partial charge on any atom is -1.00 e. The van der Waals surface area contributed by atoms with Crippen LogP contribution in [0.15, 0.2) is 23.3 Å². The molecule has 0 saturated carbocycles. The third kappa shape index (κ3) is 3.51. The molecule has 2 aliphatic rings. The van der Waals surface area contributed by atoms with Gasteiger partial charge in [-0.05, 0) is 0 Å². The Hall–Kier alpha value is 1.06. The van der Waals surface area contributed by atoms with Gasteiger partial charge >= 0.3 is 86.5 Å². The molecule has 0 aromatic carbocycles. The van der Waals surface area contributed by atoms with Gasteiger partial charge in [0.15, 0.2) is 0 Å². The molecular formula is C11H15Cl3Ti. The first-order valence-electron chi connectivity index (χ1n) is 4.93. The van der Waals surface area contributed by atoms with Crippen LogP contribution in [0.4, 0.5) is 0 Å². The zero-order valence-electron chi connectivity index (χ0n) is 8.82. The monoisotopic (exact) mass is 300 g/mol. The van der Waals surface area contributed by atoms with E-state index in [1.165, 1.54) is 32.1 Å². The molecule has 0 N–H and O–H groups in total. The zero-order chi connectivity index (χ0) is 8.60. The van der Waals surface area contributed by atoms with Crippen LogP contribution in [0.2, 0.25) is 3.72 Å². The maximum atomic E-state index is 2.42. The van der Waals surface area contributed by atoms with Gasteiger partial charge in [-0.1, -0.05) is 0 Å². The minimum absolute atomic E-state index is 0. The van der Waals surface area contributed by atoms with Crippen LogP contribution in [-0.2, 0) is 20.4 Å². The summed E-state index contributed by atoms with van der Waals surface area (Å²) >= 11 is 2.39. The molecule has 4 heteroatoms. The van der Waals surface area contributed by atoms with Gasteiger partial charge in [0.1, 0.15) is 0 Å². The number of rotatable bonds is 1. The van der Waals surface area contributed by atoms with Crippen LogP contribution in [-0.4, -0.2) is 0 Å². The van der Waals surface area contributed by atoms with Crippen LogP contribution in [0.25, 0.3) is 0 Å². The van der Waals surface area contributed by atoms with Gasteiger partial charge in [-0.2, -0.15) is 0 Å². The van der Waals surface area contributed by atoms with Crippen LogP contribution < -0.4 is 37.2 Å². The molecule has 0 radical (unpaired) electrons. The van der Waals surface area contributed by atoms with Crippen molar-refractivity contribution in [3.05, 3.63) is 23.3 Å². The van der Waals surface area contributed by atoms with E-state index in [-0.39, 0.29) is 37.2 Å². The van der Waals surface area contributed by atoms with Crippen molar-refractivity contribution in [1.82, 2.24) is 0 Å². The van der Waals surface area contributed by atoms with Crippen LogP contribution in [0, 0.1) is 0 Å². The summed E-state index contributed by atoms with van der Waals surface area (Å²) in [6.07, 6.45) is 11.6. The number of hydrogen-bond acceptors (Lipinski definition) is 0. The van der Waals surface area contributed by atoms with Gasteiger partial charge in [0.05, 0.1) is 0 Å². The normalized spacial score (nSPS) is 27.4. The average molecular weight is 301 g/mol. The maximum absolute atomic E-state index is 2.42. The number of allylic oxidation sites excluding steroid dienone is 4. The minimum atomic E-state index is 0. The maximum Gasteiger partial charge on any atom is -1.00 e. The molecule has 1 atom stereocenters. The summed E-state index contributed by atoms with van der Waals surface area (Å²) in [6.45, 7) is 2.30. The molecule has 0 heterocycles. The first-order valence-corrected chi connectivity index (χ1v) is 5.71. The number of hydrogen-bond donors (Lipinski definition) is 0. The summed E-state index contributed by atoms with van der Waals surface area (Å²) in [5, 5.41) is 0. The third-order valence-electron chi connectivity index (χ3n) is 3.18. The summed E-state index contributed by atoms with van der Waals surface area (Å²) in [4.78, 5) is 0. The Morgan fingerprint density at radius 2 is 1.80 bits per heavy atom. The van der Waals surface area contributed by atoms with Crippen molar-refractivity contribution >= 4 is 0 Å². The fourth-order valence-corrected chi connectivity index (χ4v) is 2.87. The first-order chi connectivity index (χ1) is 5.76. The second-order valence-corrected chi connectivity index (χ2v) is 5.26. The van der Waals surface area contributed by atoms with E-state index >= 15 is 0 Å². The molecule has 0 aliphatic heterocycles. The van der Waals surface area contributed by atoms with Crippen LogP contribution in [0.3, 0.4) is 0 Å². The van der Waals surface area contributed by atoms with E-state index in [0.717, 1.165) is 0 Å².